The molecule has 0 saturated carbocycles. The van der Waals surface area contributed by atoms with Crippen LogP contribution in [-0.2, 0) is 44.5 Å². The Labute approximate surface area is 128 Å². The fourth-order valence-electron chi connectivity index (χ4n) is 1.48. The molecule has 0 unspecified atom stereocenters. The summed E-state index contributed by atoms with van der Waals surface area (Å²) in [6.07, 6.45) is 1.44. The molecule has 2 heterocycles. The zero-order chi connectivity index (χ0) is 12.4. The van der Waals surface area contributed by atoms with Gasteiger partial charge in [0, 0.05) is 39.8 Å². The minimum atomic E-state index is -0.723. The number of hydrogen-bond donors (Lipinski definition) is 0. The van der Waals surface area contributed by atoms with Gasteiger partial charge in [-0.05, 0) is 6.92 Å². The molecule has 0 aromatic carbocycles. The van der Waals surface area contributed by atoms with E-state index in [1.165, 1.54) is 16.9 Å². The molecular formula is C11H10N3O3Y-. The molecular weight excluding hydrogens is 311 g/mol. The molecule has 18 heavy (non-hydrogen) atoms. The van der Waals surface area contributed by atoms with Crippen molar-refractivity contribution < 1.29 is 42.2 Å². The number of nitrogens with zero attached hydrogens (tertiary/aromatic N) is 3. The first-order chi connectivity index (χ1) is 8.15. The molecule has 2 aromatic rings. The minimum Gasteiger partial charge on any atom is -0.461 e. The number of pyridine rings is 1. The van der Waals surface area contributed by atoms with Gasteiger partial charge in [-0.15, -0.1) is 0 Å². The van der Waals surface area contributed by atoms with E-state index >= 15 is 0 Å². The summed E-state index contributed by atoms with van der Waals surface area (Å²) in [6, 6.07) is 4.18. The summed E-state index contributed by atoms with van der Waals surface area (Å²) in [5.41, 5.74) is -0.314. The van der Waals surface area contributed by atoms with Crippen LogP contribution in [0.15, 0.2) is 17.1 Å². The van der Waals surface area contributed by atoms with E-state index in [-0.39, 0.29) is 45.0 Å². The van der Waals surface area contributed by atoms with Gasteiger partial charge >= 0.3 is 5.97 Å². The molecule has 0 N–H and O–H groups in total. The number of ether oxygens (including phenoxy) is 1. The van der Waals surface area contributed by atoms with Gasteiger partial charge in [0.1, 0.15) is 5.43 Å². The van der Waals surface area contributed by atoms with Crippen molar-refractivity contribution in [2.75, 3.05) is 6.61 Å². The van der Waals surface area contributed by atoms with Crippen molar-refractivity contribution in [1.82, 2.24) is 14.8 Å². The third kappa shape index (κ3) is 2.65. The van der Waals surface area contributed by atoms with Gasteiger partial charge < -0.3 is 9.53 Å². The third-order valence-corrected chi connectivity index (χ3v) is 2.21. The number of aromatic nitrogens is 3. The molecule has 2 aromatic heterocycles. The fourth-order valence-corrected chi connectivity index (χ4v) is 1.48. The summed E-state index contributed by atoms with van der Waals surface area (Å²) in [7, 11) is 1.61. The second-order valence-corrected chi connectivity index (χ2v) is 3.33. The first-order valence-corrected chi connectivity index (χ1v) is 5.05. The van der Waals surface area contributed by atoms with Crippen molar-refractivity contribution in [3.8, 4) is 0 Å². The topological polar surface area (TPSA) is 74.1 Å². The predicted molar refractivity (Wildman–Crippen MR) is 59.6 cm³/mol. The summed E-state index contributed by atoms with van der Waals surface area (Å²) in [6.45, 7) is 1.86. The number of carbonyl (C=O) groups excluding carboxylic acids is 1. The maximum absolute atomic E-state index is 12.0. The normalized spacial score (nSPS) is 9.89. The van der Waals surface area contributed by atoms with Crippen molar-refractivity contribution in [2.45, 2.75) is 6.92 Å². The van der Waals surface area contributed by atoms with Crippen LogP contribution in [0.3, 0.4) is 0 Å². The summed E-state index contributed by atoms with van der Waals surface area (Å²) >= 11 is 0. The minimum absolute atomic E-state index is 0. The second kappa shape index (κ2) is 6.15. The summed E-state index contributed by atoms with van der Waals surface area (Å²) < 4.78 is 6.14. The smallest absolute Gasteiger partial charge is 0.361 e. The van der Waals surface area contributed by atoms with E-state index in [0.29, 0.717) is 11.0 Å². The van der Waals surface area contributed by atoms with Gasteiger partial charge in [0.15, 0.2) is 5.69 Å². The van der Waals surface area contributed by atoms with E-state index in [4.69, 9.17) is 4.74 Å². The molecule has 0 atom stereocenters. The van der Waals surface area contributed by atoms with E-state index < -0.39 is 11.4 Å². The van der Waals surface area contributed by atoms with E-state index in [2.05, 4.69) is 16.1 Å². The van der Waals surface area contributed by atoms with Crippen LogP contribution in [0.2, 0.25) is 0 Å². The van der Waals surface area contributed by atoms with Crippen molar-refractivity contribution in [3.63, 3.8) is 0 Å². The van der Waals surface area contributed by atoms with Crippen LogP contribution in [-0.4, -0.2) is 27.3 Å². The fraction of sp³-hybridized carbons (Fsp3) is 0.273. The zero-order valence-corrected chi connectivity index (χ0v) is 12.8. The van der Waals surface area contributed by atoms with E-state index in [9.17, 15) is 9.59 Å². The van der Waals surface area contributed by atoms with Gasteiger partial charge in [-0.3, -0.25) is 9.67 Å². The third-order valence-electron chi connectivity index (χ3n) is 2.21. The molecule has 91 valence electrons. The Morgan fingerprint density at radius 3 is 2.94 bits per heavy atom. The number of esters is 1. The number of hydrogen-bond acceptors (Lipinski definition) is 5. The Kier molecular flexibility index (Phi) is 5.10. The largest absolute Gasteiger partial charge is 0.461 e. The molecule has 0 aliphatic heterocycles. The molecule has 1 radical (unpaired) electrons. The summed E-state index contributed by atoms with van der Waals surface area (Å²) in [5.74, 6) is -0.723. The zero-order valence-electron chi connectivity index (χ0n) is 10.0. The number of fused-ring (bicyclic) bond motifs is 1. The molecule has 7 heteroatoms. The Morgan fingerprint density at radius 1 is 1.56 bits per heavy atom. The van der Waals surface area contributed by atoms with Crippen LogP contribution in [0, 0.1) is 6.07 Å². The molecule has 0 aliphatic carbocycles. The van der Waals surface area contributed by atoms with Crippen LogP contribution >= 0.6 is 0 Å². The molecule has 2 rings (SSSR count). The van der Waals surface area contributed by atoms with Gasteiger partial charge in [0.05, 0.1) is 12.3 Å². The van der Waals surface area contributed by atoms with E-state index in [0.717, 1.165) is 0 Å². The Bertz CT molecular complexity index is 639. The van der Waals surface area contributed by atoms with Crippen molar-refractivity contribution in [3.05, 3.63) is 34.2 Å². The van der Waals surface area contributed by atoms with E-state index in [1.54, 1.807) is 14.0 Å². The SMILES string of the molecule is CCOC(=O)c1nn(C)c2nc[c-]cc2c1=O.[Y]. The van der Waals surface area contributed by atoms with Crippen LogP contribution in [0.1, 0.15) is 17.4 Å². The summed E-state index contributed by atoms with van der Waals surface area (Å²) in [5, 5.41) is 4.17. The number of aryl methyl sites for hydroxylation is 1. The van der Waals surface area contributed by atoms with Crippen LogP contribution in [0.25, 0.3) is 11.0 Å². The second-order valence-electron chi connectivity index (χ2n) is 3.33. The van der Waals surface area contributed by atoms with Gasteiger partial charge in [0.2, 0.25) is 0 Å². The first-order valence-electron chi connectivity index (χ1n) is 5.05. The number of rotatable bonds is 2. The Hall–Kier alpha value is -1.14. The molecule has 0 saturated heterocycles. The molecule has 0 amide bonds. The monoisotopic (exact) mass is 321 g/mol. The maximum atomic E-state index is 12.0. The standard InChI is InChI=1S/C11H10N3O3.Y/c1-3-17-11(16)8-9(15)7-5-4-6-12-10(7)14(2)13-8;/h5-6H,3H2,1-2H3;/q-1;. The van der Waals surface area contributed by atoms with Crippen LogP contribution in [0.5, 0.6) is 0 Å². The van der Waals surface area contributed by atoms with Crippen molar-refractivity contribution in [2.24, 2.45) is 7.05 Å². The molecule has 0 bridgehead atoms. The van der Waals surface area contributed by atoms with Crippen LogP contribution < -0.4 is 5.43 Å². The van der Waals surface area contributed by atoms with Gasteiger partial charge in [-0.25, -0.2) is 16.9 Å². The molecule has 6 nitrogen and oxygen atoms in total. The van der Waals surface area contributed by atoms with Crippen molar-refractivity contribution in [1.29, 1.82) is 0 Å². The Morgan fingerprint density at radius 2 is 2.28 bits per heavy atom. The molecule has 0 fully saturated rings. The summed E-state index contributed by atoms with van der Waals surface area (Å²) in [4.78, 5) is 27.5. The van der Waals surface area contributed by atoms with Crippen LogP contribution in [0.4, 0.5) is 0 Å². The van der Waals surface area contributed by atoms with Gasteiger partial charge in [-0.2, -0.15) is 5.10 Å². The quantitative estimate of drug-likeness (QED) is 0.588. The van der Waals surface area contributed by atoms with Gasteiger partial charge in [0.25, 0.3) is 0 Å². The average Bonchev–Trinajstić information content (AvgIpc) is 2.34. The van der Waals surface area contributed by atoms with Gasteiger partial charge in [-0.1, -0.05) is 11.6 Å². The Balaban J connectivity index is 0.00000162. The van der Waals surface area contributed by atoms with Crippen molar-refractivity contribution >= 4 is 17.0 Å². The first kappa shape index (κ1) is 14.9. The van der Waals surface area contributed by atoms with E-state index in [1.807, 2.05) is 0 Å². The average molecular weight is 321 g/mol. The predicted octanol–water partition coefficient (Wildman–Crippen LogP) is 0.303. The molecule has 0 aliphatic rings. The number of carbonyl (C=O) groups is 1. The molecule has 0 spiro atoms. The maximum Gasteiger partial charge on any atom is 0.361 e.